The first-order valence-electron chi connectivity index (χ1n) is 3.97. The van der Waals surface area contributed by atoms with Gasteiger partial charge in [0, 0.05) is 5.69 Å². The maximum atomic E-state index is 8.30. The molecular formula is C10H11N3. The van der Waals surface area contributed by atoms with Crippen molar-refractivity contribution in [1.82, 2.24) is 0 Å². The minimum Gasteiger partial charge on any atom is -0.324 e. The first-order chi connectivity index (χ1) is 6.36. The number of hydrogen-bond acceptors (Lipinski definition) is 3. The molecule has 0 bridgehead atoms. The summed E-state index contributed by atoms with van der Waals surface area (Å²) < 4.78 is 0. The van der Waals surface area contributed by atoms with E-state index in [4.69, 9.17) is 11.1 Å². The van der Waals surface area contributed by atoms with Gasteiger partial charge in [0.25, 0.3) is 0 Å². The predicted octanol–water partition coefficient (Wildman–Crippen LogP) is 1.90. The smallest absolute Gasteiger partial charge is 0.0663 e. The Bertz CT molecular complexity index is 319. The van der Waals surface area contributed by atoms with E-state index in [2.05, 4.69) is 5.43 Å². The Morgan fingerprint density at radius 3 is 2.62 bits per heavy atom. The Morgan fingerprint density at radius 2 is 2.08 bits per heavy atom. The van der Waals surface area contributed by atoms with Crippen molar-refractivity contribution in [3.8, 4) is 6.07 Å². The number of rotatable bonds is 3. The Balaban J connectivity index is 2.65. The van der Waals surface area contributed by atoms with Gasteiger partial charge in [-0.05, 0) is 17.7 Å². The first kappa shape index (κ1) is 9.30. The van der Waals surface area contributed by atoms with Gasteiger partial charge in [-0.3, -0.25) is 5.84 Å². The van der Waals surface area contributed by atoms with Crippen molar-refractivity contribution in [1.29, 1.82) is 5.26 Å². The molecule has 1 aromatic rings. The summed E-state index contributed by atoms with van der Waals surface area (Å²) >= 11 is 0. The van der Waals surface area contributed by atoms with Crippen molar-refractivity contribution in [3.05, 3.63) is 35.9 Å². The van der Waals surface area contributed by atoms with Crippen LogP contribution in [0.5, 0.6) is 0 Å². The minimum absolute atomic E-state index is 0.441. The zero-order valence-electron chi connectivity index (χ0n) is 7.20. The van der Waals surface area contributed by atoms with E-state index in [0.717, 1.165) is 11.3 Å². The molecule has 0 unspecified atom stereocenters. The van der Waals surface area contributed by atoms with E-state index in [1.165, 1.54) is 0 Å². The van der Waals surface area contributed by atoms with Gasteiger partial charge in [-0.1, -0.05) is 24.3 Å². The third-order valence-electron chi connectivity index (χ3n) is 1.60. The van der Waals surface area contributed by atoms with Crippen molar-refractivity contribution in [3.63, 3.8) is 0 Å². The van der Waals surface area contributed by atoms with Crippen LogP contribution in [0.15, 0.2) is 30.3 Å². The van der Waals surface area contributed by atoms with Crippen LogP contribution in [-0.4, -0.2) is 0 Å². The molecule has 13 heavy (non-hydrogen) atoms. The Labute approximate surface area is 77.5 Å². The fourth-order valence-corrected chi connectivity index (χ4v) is 0.938. The van der Waals surface area contributed by atoms with E-state index >= 15 is 0 Å². The fraction of sp³-hybridized carbons (Fsp3) is 0.100. The number of nitriles is 1. The Kier molecular flexibility index (Phi) is 3.55. The molecule has 0 saturated carbocycles. The second-order valence-electron chi connectivity index (χ2n) is 2.53. The van der Waals surface area contributed by atoms with Crippen LogP contribution in [0, 0.1) is 11.3 Å². The van der Waals surface area contributed by atoms with Crippen molar-refractivity contribution in [2.45, 2.75) is 6.42 Å². The van der Waals surface area contributed by atoms with Crippen LogP contribution in [0.1, 0.15) is 12.0 Å². The highest BCUT2D eigenvalue weighted by Gasteiger charge is 1.87. The number of nitrogens with two attached hydrogens (primary N) is 1. The van der Waals surface area contributed by atoms with E-state index in [9.17, 15) is 0 Å². The Hall–Kier alpha value is -1.79. The van der Waals surface area contributed by atoms with Gasteiger partial charge in [-0.25, -0.2) is 0 Å². The number of nitrogen functional groups attached to an aromatic ring is 1. The first-order valence-corrected chi connectivity index (χ1v) is 3.97. The quantitative estimate of drug-likeness (QED) is 0.542. The van der Waals surface area contributed by atoms with Crippen molar-refractivity contribution in [2.24, 2.45) is 5.84 Å². The molecule has 0 aliphatic carbocycles. The second kappa shape index (κ2) is 4.96. The molecule has 0 radical (unpaired) electrons. The van der Waals surface area contributed by atoms with Crippen LogP contribution >= 0.6 is 0 Å². The molecule has 0 heterocycles. The number of allylic oxidation sites excluding steroid dienone is 1. The maximum Gasteiger partial charge on any atom is 0.0663 e. The normalized spacial score (nSPS) is 9.85. The van der Waals surface area contributed by atoms with Crippen LogP contribution in [0.3, 0.4) is 0 Å². The standard InChI is InChI=1S/C10H11N3/c11-8-2-1-3-9-4-6-10(13-12)7-5-9/h1,3-7,13H,2,12H2. The SMILES string of the molecule is N#CCC=Cc1ccc(NN)cc1. The van der Waals surface area contributed by atoms with E-state index in [-0.39, 0.29) is 0 Å². The number of benzene rings is 1. The lowest BCUT2D eigenvalue weighted by molar-refractivity contribution is 1.35. The van der Waals surface area contributed by atoms with Crippen molar-refractivity contribution < 1.29 is 0 Å². The molecule has 0 aromatic heterocycles. The summed E-state index contributed by atoms with van der Waals surface area (Å²) in [5, 5.41) is 8.30. The largest absolute Gasteiger partial charge is 0.324 e. The topological polar surface area (TPSA) is 61.8 Å². The van der Waals surface area contributed by atoms with Gasteiger partial charge >= 0.3 is 0 Å². The number of hydrogen-bond donors (Lipinski definition) is 2. The summed E-state index contributed by atoms with van der Waals surface area (Å²) in [4.78, 5) is 0. The lowest BCUT2D eigenvalue weighted by atomic mass is 10.2. The maximum absolute atomic E-state index is 8.30. The van der Waals surface area contributed by atoms with Crippen LogP contribution < -0.4 is 11.3 Å². The highest BCUT2D eigenvalue weighted by molar-refractivity contribution is 5.54. The minimum atomic E-state index is 0.441. The average molecular weight is 173 g/mol. The molecule has 0 aliphatic rings. The third-order valence-corrected chi connectivity index (χ3v) is 1.60. The number of anilines is 1. The molecule has 0 spiro atoms. The highest BCUT2D eigenvalue weighted by atomic mass is 15.2. The number of nitrogens with zero attached hydrogens (tertiary/aromatic N) is 1. The summed E-state index contributed by atoms with van der Waals surface area (Å²) in [6.07, 6.45) is 4.17. The van der Waals surface area contributed by atoms with Crippen molar-refractivity contribution in [2.75, 3.05) is 5.43 Å². The van der Waals surface area contributed by atoms with Gasteiger partial charge in [0.1, 0.15) is 0 Å². The van der Waals surface area contributed by atoms with Crippen LogP contribution in [0.25, 0.3) is 6.08 Å². The number of nitrogens with one attached hydrogen (secondary N) is 1. The molecule has 3 N–H and O–H groups in total. The van der Waals surface area contributed by atoms with Crippen LogP contribution in [-0.2, 0) is 0 Å². The summed E-state index contributed by atoms with van der Waals surface area (Å²) in [7, 11) is 0. The van der Waals surface area contributed by atoms with Crippen LogP contribution in [0.2, 0.25) is 0 Å². The second-order valence-corrected chi connectivity index (χ2v) is 2.53. The fourth-order valence-electron chi connectivity index (χ4n) is 0.938. The van der Waals surface area contributed by atoms with Gasteiger partial charge in [0.15, 0.2) is 0 Å². The molecule has 0 saturated heterocycles. The van der Waals surface area contributed by atoms with Gasteiger partial charge in [-0.15, -0.1) is 0 Å². The monoisotopic (exact) mass is 173 g/mol. The summed E-state index contributed by atoms with van der Waals surface area (Å²) in [5.41, 5.74) is 4.48. The summed E-state index contributed by atoms with van der Waals surface area (Å²) in [6, 6.07) is 9.67. The van der Waals surface area contributed by atoms with E-state index in [0.29, 0.717) is 6.42 Å². The van der Waals surface area contributed by atoms with Gasteiger partial charge in [0.2, 0.25) is 0 Å². The Morgan fingerprint density at radius 1 is 1.38 bits per heavy atom. The highest BCUT2D eigenvalue weighted by Crippen LogP contribution is 2.09. The molecule has 0 atom stereocenters. The van der Waals surface area contributed by atoms with E-state index < -0.39 is 0 Å². The third kappa shape index (κ3) is 2.97. The molecular weight excluding hydrogens is 162 g/mol. The molecule has 0 fully saturated rings. The molecule has 3 nitrogen and oxygen atoms in total. The van der Waals surface area contributed by atoms with E-state index in [1.54, 1.807) is 0 Å². The molecule has 0 amide bonds. The molecule has 0 aliphatic heterocycles. The number of hydrazine groups is 1. The zero-order chi connectivity index (χ0) is 9.52. The predicted molar refractivity (Wildman–Crippen MR) is 53.5 cm³/mol. The van der Waals surface area contributed by atoms with Crippen LogP contribution in [0.4, 0.5) is 5.69 Å². The summed E-state index contributed by atoms with van der Waals surface area (Å²) in [6.45, 7) is 0. The van der Waals surface area contributed by atoms with Gasteiger partial charge in [0.05, 0.1) is 12.5 Å². The molecule has 66 valence electrons. The van der Waals surface area contributed by atoms with E-state index in [1.807, 2.05) is 42.5 Å². The zero-order valence-corrected chi connectivity index (χ0v) is 7.20. The summed E-state index contributed by atoms with van der Waals surface area (Å²) in [5.74, 6) is 5.21. The molecule has 3 heteroatoms. The van der Waals surface area contributed by atoms with Gasteiger partial charge < -0.3 is 5.43 Å². The average Bonchev–Trinajstić information content (AvgIpc) is 2.19. The lowest BCUT2D eigenvalue weighted by Gasteiger charge is -1.98. The van der Waals surface area contributed by atoms with Gasteiger partial charge in [-0.2, -0.15) is 5.26 Å². The van der Waals surface area contributed by atoms with Crippen molar-refractivity contribution >= 4 is 11.8 Å². The lowest BCUT2D eigenvalue weighted by Crippen LogP contribution is -2.05. The molecule has 1 aromatic carbocycles. The molecule has 1 rings (SSSR count).